The number of rotatable bonds is 3. The van der Waals surface area contributed by atoms with Crippen molar-refractivity contribution < 1.29 is 4.92 Å². The lowest BCUT2D eigenvalue weighted by Crippen LogP contribution is -2.08. The number of nitro groups is 1. The second-order valence-electron chi connectivity index (χ2n) is 2.99. The molecule has 1 rings (SSSR count). The van der Waals surface area contributed by atoms with Crippen molar-refractivity contribution in [2.75, 3.05) is 6.54 Å². The average molecular weight is 180 g/mol. The maximum absolute atomic E-state index is 10.4. The summed E-state index contributed by atoms with van der Waals surface area (Å²) in [6.07, 6.45) is 0. The summed E-state index contributed by atoms with van der Waals surface area (Å²) >= 11 is 0. The van der Waals surface area contributed by atoms with Crippen molar-refractivity contribution in [1.29, 1.82) is 0 Å². The van der Waals surface area contributed by atoms with Crippen LogP contribution < -0.4 is 5.73 Å². The van der Waals surface area contributed by atoms with Gasteiger partial charge in [0.2, 0.25) is 0 Å². The largest absolute Gasteiger partial charge is 0.330 e. The molecule has 0 aromatic heterocycles. The van der Waals surface area contributed by atoms with Gasteiger partial charge >= 0.3 is 0 Å². The highest BCUT2D eigenvalue weighted by molar-refractivity contribution is 5.35. The number of hydrogen-bond acceptors (Lipinski definition) is 3. The van der Waals surface area contributed by atoms with Gasteiger partial charge in [0, 0.05) is 12.1 Å². The molecule has 13 heavy (non-hydrogen) atoms. The maximum atomic E-state index is 10.4. The van der Waals surface area contributed by atoms with E-state index in [-0.39, 0.29) is 11.6 Å². The van der Waals surface area contributed by atoms with Crippen molar-refractivity contribution in [3.8, 4) is 0 Å². The molecule has 1 aromatic rings. The van der Waals surface area contributed by atoms with E-state index in [9.17, 15) is 10.1 Å². The Morgan fingerprint density at radius 3 is 2.85 bits per heavy atom. The molecule has 4 heteroatoms. The second kappa shape index (κ2) is 4.00. The zero-order valence-corrected chi connectivity index (χ0v) is 7.43. The molecule has 1 atom stereocenters. The van der Waals surface area contributed by atoms with E-state index in [1.54, 1.807) is 12.1 Å². The lowest BCUT2D eigenvalue weighted by atomic mass is 10.0. The van der Waals surface area contributed by atoms with Gasteiger partial charge in [-0.05, 0) is 18.0 Å². The molecule has 0 amide bonds. The molecule has 0 aliphatic carbocycles. The fourth-order valence-electron chi connectivity index (χ4n) is 1.08. The predicted molar refractivity (Wildman–Crippen MR) is 50.6 cm³/mol. The lowest BCUT2D eigenvalue weighted by molar-refractivity contribution is -0.384. The minimum absolute atomic E-state index is 0.123. The van der Waals surface area contributed by atoms with Crippen LogP contribution >= 0.6 is 0 Å². The van der Waals surface area contributed by atoms with Crippen molar-refractivity contribution in [3.63, 3.8) is 0 Å². The number of nitrogens with zero attached hydrogens (tertiary/aromatic N) is 1. The molecule has 0 bridgehead atoms. The molecular weight excluding hydrogens is 168 g/mol. The fourth-order valence-corrected chi connectivity index (χ4v) is 1.08. The van der Waals surface area contributed by atoms with Crippen LogP contribution in [0, 0.1) is 10.1 Å². The summed E-state index contributed by atoms with van der Waals surface area (Å²) in [6, 6.07) is 6.58. The van der Waals surface area contributed by atoms with Crippen molar-refractivity contribution in [2.24, 2.45) is 5.73 Å². The first-order valence-corrected chi connectivity index (χ1v) is 4.09. The Morgan fingerprint density at radius 2 is 2.31 bits per heavy atom. The summed E-state index contributed by atoms with van der Waals surface area (Å²) in [5.74, 6) is 0.167. The summed E-state index contributed by atoms with van der Waals surface area (Å²) in [7, 11) is 0. The standard InChI is InChI=1S/C9H12N2O2/c1-7(6-10)8-3-2-4-9(5-8)11(12)13/h2-5,7H,6,10H2,1H3/t7-/m0/s1. The van der Waals surface area contributed by atoms with Crippen molar-refractivity contribution >= 4 is 5.69 Å². The minimum Gasteiger partial charge on any atom is -0.330 e. The maximum Gasteiger partial charge on any atom is 0.269 e. The summed E-state index contributed by atoms with van der Waals surface area (Å²) in [4.78, 5) is 10.0. The van der Waals surface area contributed by atoms with E-state index in [1.165, 1.54) is 6.07 Å². The van der Waals surface area contributed by atoms with Gasteiger partial charge in [0.05, 0.1) is 4.92 Å². The average Bonchev–Trinajstić information content (AvgIpc) is 2.17. The summed E-state index contributed by atoms with van der Waals surface area (Å²) in [5, 5.41) is 10.4. The van der Waals surface area contributed by atoms with Gasteiger partial charge in [-0.2, -0.15) is 0 Å². The summed E-state index contributed by atoms with van der Waals surface area (Å²) in [6.45, 7) is 2.44. The van der Waals surface area contributed by atoms with Crippen LogP contribution in [0.3, 0.4) is 0 Å². The highest BCUT2D eigenvalue weighted by atomic mass is 16.6. The molecule has 0 aliphatic rings. The highest BCUT2D eigenvalue weighted by Gasteiger charge is 2.08. The first kappa shape index (κ1) is 9.67. The smallest absolute Gasteiger partial charge is 0.269 e. The Labute approximate surface area is 76.5 Å². The topological polar surface area (TPSA) is 69.2 Å². The number of nitro benzene ring substituents is 1. The summed E-state index contributed by atoms with van der Waals surface area (Å²) in [5.41, 5.74) is 6.50. The van der Waals surface area contributed by atoms with Crippen LogP contribution in [-0.4, -0.2) is 11.5 Å². The molecule has 0 spiro atoms. The van der Waals surface area contributed by atoms with Gasteiger partial charge in [-0.3, -0.25) is 10.1 Å². The van der Waals surface area contributed by atoms with Crippen LogP contribution in [0.25, 0.3) is 0 Å². The van der Waals surface area contributed by atoms with Gasteiger partial charge in [-0.15, -0.1) is 0 Å². The quantitative estimate of drug-likeness (QED) is 0.568. The van der Waals surface area contributed by atoms with Gasteiger partial charge < -0.3 is 5.73 Å². The molecular formula is C9H12N2O2. The third kappa shape index (κ3) is 2.26. The molecule has 2 N–H and O–H groups in total. The van der Waals surface area contributed by atoms with Crippen LogP contribution in [0.15, 0.2) is 24.3 Å². The first-order valence-electron chi connectivity index (χ1n) is 4.09. The molecule has 0 fully saturated rings. The molecule has 70 valence electrons. The molecule has 0 heterocycles. The monoisotopic (exact) mass is 180 g/mol. The molecule has 0 saturated heterocycles. The van der Waals surface area contributed by atoms with Crippen LogP contribution in [0.4, 0.5) is 5.69 Å². The van der Waals surface area contributed by atoms with E-state index in [4.69, 9.17) is 5.73 Å². The third-order valence-electron chi connectivity index (χ3n) is 2.00. The van der Waals surface area contributed by atoms with Gasteiger partial charge in [-0.1, -0.05) is 19.1 Å². The number of nitrogens with two attached hydrogens (primary N) is 1. The lowest BCUT2D eigenvalue weighted by Gasteiger charge is -2.07. The first-order chi connectivity index (χ1) is 6.15. The fraction of sp³-hybridized carbons (Fsp3) is 0.333. The summed E-state index contributed by atoms with van der Waals surface area (Å²) < 4.78 is 0. The van der Waals surface area contributed by atoms with E-state index in [0.29, 0.717) is 6.54 Å². The normalized spacial score (nSPS) is 12.5. The van der Waals surface area contributed by atoms with E-state index in [2.05, 4.69) is 0 Å². The number of benzene rings is 1. The molecule has 0 aliphatic heterocycles. The van der Waals surface area contributed by atoms with Crippen LogP contribution in [0.5, 0.6) is 0 Å². The van der Waals surface area contributed by atoms with Crippen molar-refractivity contribution in [3.05, 3.63) is 39.9 Å². The highest BCUT2D eigenvalue weighted by Crippen LogP contribution is 2.19. The van der Waals surface area contributed by atoms with Gasteiger partial charge in [0.15, 0.2) is 0 Å². The second-order valence-corrected chi connectivity index (χ2v) is 2.99. The minimum atomic E-state index is -0.396. The van der Waals surface area contributed by atoms with Crippen LogP contribution in [0.1, 0.15) is 18.4 Å². The van der Waals surface area contributed by atoms with Crippen LogP contribution in [-0.2, 0) is 0 Å². The zero-order chi connectivity index (χ0) is 9.84. The van der Waals surface area contributed by atoms with Crippen molar-refractivity contribution in [2.45, 2.75) is 12.8 Å². The Bertz CT molecular complexity index is 312. The Balaban J connectivity index is 2.98. The molecule has 0 unspecified atom stereocenters. The Kier molecular flexibility index (Phi) is 2.97. The van der Waals surface area contributed by atoms with Gasteiger partial charge in [0.1, 0.15) is 0 Å². The molecule has 1 aromatic carbocycles. The third-order valence-corrected chi connectivity index (χ3v) is 2.00. The van der Waals surface area contributed by atoms with Gasteiger partial charge in [-0.25, -0.2) is 0 Å². The molecule has 0 saturated carbocycles. The SMILES string of the molecule is C[C@@H](CN)c1cccc([N+](=O)[O-])c1. The molecule has 0 radical (unpaired) electrons. The van der Waals surface area contributed by atoms with E-state index >= 15 is 0 Å². The van der Waals surface area contributed by atoms with Crippen molar-refractivity contribution in [1.82, 2.24) is 0 Å². The zero-order valence-electron chi connectivity index (χ0n) is 7.43. The Hall–Kier alpha value is -1.42. The Morgan fingerprint density at radius 1 is 1.62 bits per heavy atom. The number of non-ortho nitro benzene ring substituents is 1. The van der Waals surface area contributed by atoms with Crippen LogP contribution in [0.2, 0.25) is 0 Å². The van der Waals surface area contributed by atoms with E-state index in [0.717, 1.165) is 5.56 Å². The van der Waals surface area contributed by atoms with Gasteiger partial charge in [0.25, 0.3) is 5.69 Å². The van der Waals surface area contributed by atoms with E-state index < -0.39 is 4.92 Å². The predicted octanol–water partition coefficient (Wildman–Crippen LogP) is 1.66. The number of hydrogen-bond donors (Lipinski definition) is 1. The molecule has 4 nitrogen and oxygen atoms in total. The van der Waals surface area contributed by atoms with E-state index in [1.807, 2.05) is 13.0 Å².